The predicted octanol–water partition coefficient (Wildman–Crippen LogP) is 2.02. The molecule has 0 radical (unpaired) electrons. The summed E-state index contributed by atoms with van der Waals surface area (Å²) >= 11 is 0. The zero-order chi connectivity index (χ0) is 17.1. The van der Waals surface area contributed by atoms with Gasteiger partial charge in [-0.2, -0.15) is 0 Å². The molecule has 2 N–H and O–H groups in total. The fraction of sp³-hybridized carbons (Fsp3) is 0.333. The van der Waals surface area contributed by atoms with Gasteiger partial charge in [0.1, 0.15) is 17.9 Å². The number of imidazole rings is 1. The third-order valence-electron chi connectivity index (χ3n) is 3.73. The van der Waals surface area contributed by atoms with Crippen LogP contribution in [0.4, 0.5) is 14.6 Å². The number of alkyl halides is 2. The minimum absolute atomic E-state index is 0.380. The molecule has 0 amide bonds. The molecule has 3 rings (SSSR count). The normalized spacial score (nSPS) is 14.0. The van der Waals surface area contributed by atoms with Crippen molar-refractivity contribution in [1.82, 2.24) is 24.5 Å². The van der Waals surface area contributed by atoms with Crippen molar-refractivity contribution in [2.24, 2.45) is 0 Å². The summed E-state index contributed by atoms with van der Waals surface area (Å²) in [6.45, 7) is 1.98. The van der Waals surface area contributed by atoms with Gasteiger partial charge in [0.2, 0.25) is 0 Å². The predicted molar refractivity (Wildman–Crippen MR) is 83.6 cm³/mol. The monoisotopic (exact) mass is 334 g/mol. The van der Waals surface area contributed by atoms with Crippen LogP contribution in [-0.2, 0) is 6.54 Å². The molecule has 0 aromatic carbocycles. The summed E-state index contributed by atoms with van der Waals surface area (Å²) in [6.07, 6.45) is 1.47. The van der Waals surface area contributed by atoms with E-state index in [1.165, 1.54) is 24.1 Å². The molecule has 0 saturated carbocycles. The van der Waals surface area contributed by atoms with Crippen molar-refractivity contribution >= 4 is 17.0 Å². The van der Waals surface area contributed by atoms with Gasteiger partial charge in [-0.3, -0.25) is 4.98 Å². The Labute approximate surface area is 136 Å². The number of nitrogens with zero attached hydrogens (tertiary/aromatic N) is 5. The molecule has 24 heavy (non-hydrogen) atoms. The Morgan fingerprint density at radius 2 is 2.12 bits per heavy atom. The maximum atomic E-state index is 12.7. The molecular weight excluding hydrogens is 318 g/mol. The van der Waals surface area contributed by atoms with Crippen molar-refractivity contribution in [1.29, 1.82) is 0 Å². The van der Waals surface area contributed by atoms with E-state index in [0.29, 0.717) is 23.5 Å². The number of nitrogens with one attached hydrogen (secondary N) is 1. The van der Waals surface area contributed by atoms with E-state index in [9.17, 15) is 13.9 Å². The Balaban J connectivity index is 1.86. The lowest BCUT2D eigenvalue weighted by atomic mass is 10.2. The minimum Gasteiger partial charge on any atom is -0.385 e. The van der Waals surface area contributed by atoms with E-state index >= 15 is 0 Å². The Morgan fingerprint density at radius 3 is 2.83 bits per heavy atom. The van der Waals surface area contributed by atoms with Crippen molar-refractivity contribution in [2.45, 2.75) is 32.0 Å². The molecule has 0 saturated heterocycles. The van der Waals surface area contributed by atoms with Crippen LogP contribution in [0.5, 0.6) is 0 Å². The molecule has 0 aliphatic heterocycles. The first-order valence-electron chi connectivity index (χ1n) is 7.34. The van der Waals surface area contributed by atoms with Crippen LogP contribution in [0.2, 0.25) is 0 Å². The number of aliphatic hydroxyl groups is 1. The van der Waals surface area contributed by atoms with E-state index in [-0.39, 0.29) is 0 Å². The first-order valence-corrected chi connectivity index (χ1v) is 7.34. The molecule has 3 aromatic heterocycles. The molecule has 9 heteroatoms. The molecule has 7 nitrogen and oxygen atoms in total. The number of halogens is 2. The van der Waals surface area contributed by atoms with Crippen LogP contribution in [0.3, 0.4) is 0 Å². The lowest BCUT2D eigenvalue weighted by Crippen LogP contribution is -2.28. The standard InChI is InChI=1S/C15H16F2N6O/c1-9(12(24)13(16)17)23-8-22-11-14(20-7-21-15(11)23)19-6-10-3-2-4-18-5-10/h2-5,7-9,12-13,24H,6H2,1H3,(H,19,20,21). The van der Waals surface area contributed by atoms with Gasteiger partial charge in [0.15, 0.2) is 11.5 Å². The number of hydrogen-bond acceptors (Lipinski definition) is 6. The third-order valence-corrected chi connectivity index (χ3v) is 3.73. The van der Waals surface area contributed by atoms with E-state index in [0.717, 1.165) is 5.56 Å². The van der Waals surface area contributed by atoms with Gasteiger partial charge in [0.05, 0.1) is 12.4 Å². The van der Waals surface area contributed by atoms with Gasteiger partial charge in [-0.25, -0.2) is 23.7 Å². The SMILES string of the molecule is CC(C(O)C(F)F)n1cnc2c(NCc3cccnc3)ncnc21. The van der Waals surface area contributed by atoms with Gasteiger partial charge < -0.3 is 15.0 Å². The Bertz CT molecular complexity index is 810. The van der Waals surface area contributed by atoms with Crippen LogP contribution in [0.15, 0.2) is 37.2 Å². The number of aliphatic hydroxyl groups excluding tert-OH is 1. The fourth-order valence-corrected chi connectivity index (χ4v) is 2.34. The van der Waals surface area contributed by atoms with Crippen molar-refractivity contribution in [3.8, 4) is 0 Å². The summed E-state index contributed by atoms with van der Waals surface area (Å²) in [7, 11) is 0. The Kier molecular flexibility index (Phi) is 4.61. The number of aromatic nitrogens is 5. The number of hydrogen-bond donors (Lipinski definition) is 2. The van der Waals surface area contributed by atoms with Gasteiger partial charge in [0, 0.05) is 18.9 Å². The molecule has 0 aliphatic rings. The zero-order valence-corrected chi connectivity index (χ0v) is 12.8. The van der Waals surface area contributed by atoms with Gasteiger partial charge in [0.25, 0.3) is 6.43 Å². The summed E-state index contributed by atoms with van der Waals surface area (Å²) in [5, 5.41) is 12.7. The molecule has 2 atom stereocenters. The first kappa shape index (κ1) is 16.2. The number of anilines is 1. The second-order valence-corrected chi connectivity index (χ2v) is 5.33. The molecule has 3 heterocycles. The summed E-state index contributed by atoms with van der Waals surface area (Å²) in [5.41, 5.74) is 1.80. The van der Waals surface area contributed by atoms with Crippen LogP contribution < -0.4 is 5.32 Å². The van der Waals surface area contributed by atoms with Crippen LogP contribution in [0.25, 0.3) is 11.2 Å². The molecule has 0 aliphatic carbocycles. The lowest BCUT2D eigenvalue weighted by molar-refractivity contribution is -0.0298. The van der Waals surface area contributed by atoms with E-state index in [1.807, 2.05) is 12.1 Å². The van der Waals surface area contributed by atoms with Gasteiger partial charge in [-0.1, -0.05) is 6.07 Å². The second-order valence-electron chi connectivity index (χ2n) is 5.33. The molecule has 0 spiro atoms. The maximum absolute atomic E-state index is 12.7. The molecule has 0 bridgehead atoms. The molecular formula is C15H16F2N6O. The average molecular weight is 334 g/mol. The first-order chi connectivity index (χ1) is 11.6. The van der Waals surface area contributed by atoms with Gasteiger partial charge >= 0.3 is 0 Å². The largest absolute Gasteiger partial charge is 0.385 e. The second kappa shape index (κ2) is 6.83. The maximum Gasteiger partial charge on any atom is 0.266 e. The highest BCUT2D eigenvalue weighted by atomic mass is 19.3. The third kappa shape index (κ3) is 3.16. The molecule has 2 unspecified atom stereocenters. The average Bonchev–Trinajstić information content (AvgIpc) is 3.04. The highest BCUT2D eigenvalue weighted by molar-refractivity contribution is 5.82. The van der Waals surface area contributed by atoms with Gasteiger partial charge in [-0.05, 0) is 18.6 Å². The molecule has 126 valence electrons. The van der Waals surface area contributed by atoms with E-state index in [1.54, 1.807) is 12.4 Å². The summed E-state index contributed by atoms with van der Waals surface area (Å²) in [6, 6.07) is 2.88. The van der Waals surface area contributed by atoms with Crippen LogP contribution >= 0.6 is 0 Å². The zero-order valence-electron chi connectivity index (χ0n) is 12.8. The smallest absolute Gasteiger partial charge is 0.266 e. The quantitative estimate of drug-likeness (QED) is 0.717. The number of pyridine rings is 1. The Morgan fingerprint density at radius 1 is 1.29 bits per heavy atom. The van der Waals surface area contributed by atoms with E-state index in [2.05, 4.69) is 25.3 Å². The van der Waals surface area contributed by atoms with Crippen molar-refractivity contribution < 1.29 is 13.9 Å². The van der Waals surface area contributed by atoms with Crippen molar-refractivity contribution in [3.05, 3.63) is 42.7 Å². The summed E-state index contributed by atoms with van der Waals surface area (Å²) in [5.74, 6) is 0.487. The fourth-order valence-electron chi connectivity index (χ4n) is 2.34. The number of fused-ring (bicyclic) bond motifs is 1. The van der Waals surface area contributed by atoms with E-state index in [4.69, 9.17) is 0 Å². The van der Waals surface area contributed by atoms with Crippen LogP contribution in [0, 0.1) is 0 Å². The summed E-state index contributed by atoms with van der Waals surface area (Å²) < 4.78 is 26.9. The lowest BCUT2D eigenvalue weighted by Gasteiger charge is -2.19. The van der Waals surface area contributed by atoms with Gasteiger partial charge in [-0.15, -0.1) is 0 Å². The highest BCUT2D eigenvalue weighted by Crippen LogP contribution is 2.24. The van der Waals surface area contributed by atoms with Crippen LogP contribution in [0.1, 0.15) is 18.5 Å². The topological polar surface area (TPSA) is 88.8 Å². The van der Waals surface area contributed by atoms with Crippen molar-refractivity contribution in [3.63, 3.8) is 0 Å². The number of rotatable bonds is 6. The summed E-state index contributed by atoms with van der Waals surface area (Å²) in [4.78, 5) is 16.5. The van der Waals surface area contributed by atoms with Crippen molar-refractivity contribution in [2.75, 3.05) is 5.32 Å². The minimum atomic E-state index is -2.84. The highest BCUT2D eigenvalue weighted by Gasteiger charge is 2.27. The molecule has 0 fully saturated rings. The van der Waals surface area contributed by atoms with Crippen LogP contribution in [-0.4, -0.2) is 42.1 Å². The van der Waals surface area contributed by atoms with E-state index < -0.39 is 18.6 Å². The Hall–Kier alpha value is -2.68. The molecule has 3 aromatic rings.